The molecule has 0 saturated carbocycles. The zero-order valence-corrected chi connectivity index (χ0v) is 19.3. The van der Waals surface area contributed by atoms with E-state index < -0.39 is 10.9 Å². The average Bonchev–Trinajstić information content (AvgIpc) is 3.42. The molecule has 1 aromatic carbocycles. The molecule has 0 amide bonds. The van der Waals surface area contributed by atoms with E-state index in [9.17, 15) is 14.9 Å². The summed E-state index contributed by atoms with van der Waals surface area (Å²) in [5, 5.41) is 30.1. The van der Waals surface area contributed by atoms with Crippen molar-refractivity contribution < 1.29 is 14.5 Å². The lowest BCUT2D eigenvalue weighted by Gasteiger charge is -2.06. The minimum absolute atomic E-state index is 0.0601. The number of hydrogen-bond acceptors (Lipinski definition) is 10. The fourth-order valence-corrected chi connectivity index (χ4v) is 3.54. The molecule has 0 unspecified atom stereocenters. The number of carbonyl (C=O) groups excluding carboxylic acids is 1. The van der Waals surface area contributed by atoms with E-state index >= 15 is 0 Å². The molecule has 3 aromatic rings. The van der Waals surface area contributed by atoms with Gasteiger partial charge < -0.3 is 19.4 Å². The van der Waals surface area contributed by atoms with Crippen molar-refractivity contribution in [2.75, 3.05) is 12.4 Å². The summed E-state index contributed by atoms with van der Waals surface area (Å²) in [5.41, 5.74) is 0.917. The lowest BCUT2D eigenvalue weighted by Crippen LogP contribution is -2.12. The zero-order valence-electron chi connectivity index (χ0n) is 18.5. The summed E-state index contributed by atoms with van der Waals surface area (Å²) in [6.07, 6.45) is 0.319. The van der Waals surface area contributed by atoms with Crippen LogP contribution in [0.25, 0.3) is 0 Å². The van der Waals surface area contributed by atoms with E-state index in [1.54, 1.807) is 0 Å². The molecule has 0 atom stereocenters. The Morgan fingerprint density at radius 2 is 1.88 bits per heavy atom. The predicted molar refractivity (Wildman–Crippen MR) is 118 cm³/mol. The first-order valence-corrected chi connectivity index (χ1v) is 11.2. The quantitative estimate of drug-likeness (QED) is 0.237. The Kier molecular flexibility index (Phi) is 9.73. The molecule has 3 rings (SSSR count). The fourth-order valence-electron chi connectivity index (χ4n) is 2.66. The maximum absolute atomic E-state index is 12.4. The molecule has 0 aliphatic carbocycles. The third kappa shape index (κ3) is 6.83. The highest BCUT2D eigenvalue weighted by molar-refractivity contribution is 7.99. The van der Waals surface area contributed by atoms with E-state index in [0.717, 1.165) is 16.1 Å². The van der Waals surface area contributed by atoms with Gasteiger partial charge in [-0.15, -0.1) is 10.2 Å². The second-order valence-corrected chi connectivity index (χ2v) is 7.04. The molecule has 13 heteroatoms. The molecule has 12 nitrogen and oxygen atoms in total. The molecular formula is C19H26N8O4S. The molecule has 0 spiro atoms. The predicted octanol–water partition coefficient (Wildman–Crippen LogP) is 2.57. The number of thioether (sulfide) groups is 1. The SMILES string of the molecule is CC.CCOc1ccc(CC(=O)CSc2nnc(Cn3nnc([N+](=O)[O-])n3)n2CC)cc1. The van der Waals surface area contributed by atoms with Gasteiger partial charge in [0, 0.05) is 18.2 Å². The van der Waals surface area contributed by atoms with Gasteiger partial charge in [0.15, 0.2) is 11.0 Å². The normalized spacial score (nSPS) is 10.4. The van der Waals surface area contributed by atoms with Gasteiger partial charge in [-0.05, 0) is 36.5 Å². The van der Waals surface area contributed by atoms with Gasteiger partial charge in [-0.2, -0.15) is 0 Å². The summed E-state index contributed by atoms with van der Waals surface area (Å²) >= 11 is 1.29. The number of carbonyl (C=O) groups is 1. The van der Waals surface area contributed by atoms with Gasteiger partial charge in [0.1, 0.15) is 18.1 Å². The van der Waals surface area contributed by atoms with Gasteiger partial charge in [-0.25, -0.2) is 0 Å². The van der Waals surface area contributed by atoms with Crippen LogP contribution in [0.4, 0.5) is 5.95 Å². The van der Waals surface area contributed by atoms with Crippen LogP contribution in [0.2, 0.25) is 0 Å². The first kappa shape index (κ1) is 24.9. The molecule has 0 saturated heterocycles. The van der Waals surface area contributed by atoms with E-state index in [-0.39, 0.29) is 18.1 Å². The zero-order chi connectivity index (χ0) is 23.5. The second kappa shape index (κ2) is 12.5. The van der Waals surface area contributed by atoms with E-state index in [2.05, 4.69) is 25.6 Å². The van der Waals surface area contributed by atoms with Crippen LogP contribution in [0.5, 0.6) is 5.75 Å². The number of benzene rings is 1. The number of aromatic nitrogens is 7. The number of rotatable bonds is 11. The van der Waals surface area contributed by atoms with Gasteiger partial charge in [0.2, 0.25) is 0 Å². The molecule has 2 heterocycles. The number of nitrogens with zero attached hydrogens (tertiary/aromatic N) is 8. The Bertz CT molecular complexity index is 1020. The van der Waals surface area contributed by atoms with Crippen molar-refractivity contribution in [1.29, 1.82) is 0 Å². The summed E-state index contributed by atoms with van der Waals surface area (Å²) in [5.74, 6) is 1.03. The number of tetrazole rings is 1. The van der Waals surface area contributed by atoms with Crippen LogP contribution < -0.4 is 4.74 Å². The average molecular weight is 463 g/mol. The van der Waals surface area contributed by atoms with Gasteiger partial charge in [-0.1, -0.05) is 42.5 Å². The Morgan fingerprint density at radius 1 is 1.16 bits per heavy atom. The van der Waals surface area contributed by atoms with Crippen molar-refractivity contribution in [3.05, 3.63) is 45.8 Å². The van der Waals surface area contributed by atoms with Crippen LogP contribution in [0, 0.1) is 10.1 Å². The topological polar surface area (TPSA) is 144 Å². The lowest BCUT2D eigenvalue weighted by molar-refractivity contribution is -0.394. The summed E-state index contributed by atoms with van der Waals surface area (Å²) in [7, 11) is 0. The monoisotopic (exact) mass is 462 g/mol. The molecule has 32 heavy (non-hydrogen) atoms. The van der Waals surface area contributed by atoms with Crippen molar-refractivity contribution in [1.82, 2.24) is 35.0 Å². The van der Waals surface area contributed by atoms with Gasteiger partial charge in [-0.3, -0.25) is 4.79 Å². The Hall–Kier alpha value is -3.35. The Balaban J connectivity index is 0.00000176. The lowest BCUT2D eigenvalue weighted by atomic mass is 10.1. The molecule has 2 aromatic heterocycles. The highest BCUT2D eigenvalue weighted by Gasteiger charge is 2.19. The Morgan fingerprint density at radius 3 is 2.47 bits per heavy atom. The summed E-state index contributed by atoms with van der Waals surface area (Å²) in [6, 6.07) is 7.46. The highest BCUT2D eigenvalue weighted by atomic mass is 32.2. The third-order valence-corrected chi connectivity index (χ3v) is 5.02. The molecule has 0 N–H and O–H groups in total. The largest absolute Gasteiger partial charge is 0.514 e. The number of Topliss-reactive ketones (excluding diaryl/α,β-unsaturated/α-hetero) is 1. The molecule has 0 radical (unpaired) electrons. The number of ketones is 1. The first-order valence-electron chi connectivity index (χ1n) is 10.2. The molecular weight excluding hydrogens is 436 g/mol. The number of hydrogen-bond donors (Lipinski definition) is 0. The van der Waals surface area contributed by atoms with Crippen LogP contribution in [-0.4, -0.2) is 58.0 Å². The summed E-state index contributed by atoms with van der Waals surface area (Å²) in [4.78, 5) is 23.4. The summed E-state index contributed by atoms with van der Waals surface area (Å²) < 4.78 is 7.21. The smallest absolute Gasteiger partial charge is 0.494 e. The van der Waals surface area contributed by atoms with Crippen molar-refractivity contribution in [3.63, 3.8) is 0 Å². The second-order valence-electron chi connectivity index (χ2n) is 6.10. The van der Waals surface area contributed by atoms with Crippen LogP contribution in [0.1, 0.15) is 39.1 Å². The van der Waals surface area contributed by atoms with Crippen LogP contribution >= 0.6 is 11.8 Å². The molecule has 0 bridgehead atoms. The van der Waals surface area contributed by atoms with Gasteiger partial charge in [0.25, 0.3) is 0 Å². The van der Waals surface area contributed by atoms with Gasteiger partial charge >= 0.3 is 5.95 Å². The van der Waals surface area contributed by atoms with E-state index in [1.807, 2.05) is 56.5 Å². The summed E-state index contributed by atoms with van der Waals surface area (Å²) in [6.45, 7) is 9.08. The third-order valence-electron chi connectivity index (χ3n) is 4.00. The van der Waals surface area contributed by atoms with Crippen molar-refractivity contribution in [3.8, 4) is 5.75 Å². The van der Waals surface area contributed by atoms with E-state index in [4.69, 9.17) is 4.74 Å². The molecule has 172 valence electrons. The minimum atomic E-state index is -0.717. The standard InChI is InChI=1S/C17H20N8O4S.C2H6/c1-3-23-15(10-24-21-16(19-22-24)25(27)28)18-20-17(23)30-11-13(26)9-12-5-7-14(8-6-12)29-4-2;1-2/h5-8H,3-4,9-11H2,1-2H3;1-2H3. The molecule has 0 aliphatic rings. The maximum Gasteiger partial charge on any atom is 0.514 e. The highest BCUT2D eigenvalue weighted by Crippen LogP contribution is 2.19. The Labute approximate surface area is 189 Å². The van der Waals surface area contributed by atoms with Gasteiger partial charge in [0.05, 0.1) is 22.6 Å². The molecule has 0 fully saturated rings. The minimum Gasteiger partial charge on any atom is -0.494 e. The van der Waals surface area contributed by atoms with Crippen LogP contribution in [-0.2, 0) is 24.3 Å². The van der Waals surface area contributed by atoms with Crippen molar-refractivity contribution in [2.24, 2.45) is 0 Å². The first-order chi connectivity index (χ1) is 15.5. The van der Waals surface area contributed by atoms with Crippen molar-refractivity contribution in [2.45, 2.75) is 52.4 Å². The van der Waals surface area contributed by atoms with E-state index in [0.29, 0.717) is 30.6 Å². The number of nitro groups is 1. The van der Waals surface area contributed by atoms with Crippen LogP contribution in [0.3, 0.4) is 0 Å². The molecule has 0 aliphatic heterocycles. The van der Waals surface area contributed by atoms with Crippen molar-refractivity contribution >= 4 is 23.5 Å². The van der Waals surface area contributed by atoms with Crippen LogP contribution in [0.15, 0.2) is 29.4 Å². The maximum atomic E-state index is 12.4. The number of ether oxygens (including phenoxy) is 1. The van der Waals surface area contributed by atoms with E-state index in [1.165, 1.54) is 11.8 Å². The fraction of sp³-hybridized carbons (Fsp3) is 0.474.